The third-order valence-corrected chi connectivity index (χ3v) is 5.96. The van der Waals surface area contributed by atoms with Crippen molar-refractivity contribution < 1.29 is 4.79 Å². The number of amides is 1. The third-order valence-electron chi connectivity index (χ3n) is 5.96. The van der Waals surface area contributed by atoms with Gasteiger partial charge in [0.1, 0.15) is 0 Å². The number of likely N-dealkylation sites (tertiary alicyclic amines) is 1. The largest absolute Gasteiger partial charge is 0.321 e. The fourth-order valence-electron chi connectivity index (χ4n) is 4.15. The maximum absolute atomic E-state index is 12.5. The van der Waals surface area contributed by atoms with Gasteiger partial charge >= 0.3 is 0 Å². The maximum atomic E-state index is 12.5. The fraction of sp³-hybridized carbons (Fsp3) is 0.571. The van der Waals surface area contributed by atoms with Crippen molar-refractivity contribution >= 4 is 36.4 Å². The minimum atomic E-state index is -0.211. The quantitative estimate of drug-likeness (QED) is 0.720. The van der Waals surface area contributed by atoms with Crippen LogP contribution in [0.4, 0.5) is 5.69 Å². The predicted octanol–water partition coefficient (Wildman–Crippen LogP) is 3.67. The Hall–Kier alpha value is -1.67. The summed E-state index contributed by atoms with van der Waals surface area (Å²) < 4.78 is 1.83. The topological polar surface area (TPSA) is 75.1 Å². The van der Waals surface area contributed by atoms with E-state index in [0.29, 0.717) is 17.8 Å². The Morgan fingerprint density at radius 1 is 1.13 bits per heavy atom. The molecule has 0 saturated carbocycles. The van der Waals surface area contributed by atoms with Crippen LogP contribution >= 0.6 is 24.8 Å². The summed E-state index contributed by atoms with van der Waals surface area (Å²) in [6.07, 6.45) is 7.70. The minimum Gasteiger partial charge on any atom is -0.321 e. The number of hydrogen-bond acceptors (Lipinski definition) is 5. The van der Waals surface area contributed by atoms with Crippen molar-refractivity contribution in [2.24, 2.45) is 0 Å². The highest BCUT2D eigenvalue weighted by Gasteiger charge is 2.20. The summed E-state index contributed by atoms with van der Waals surface area (Å²) in [4.78, 5) is 15.0. The van der Waals surface area contributed by atoms with Gasteiger partial charge in [0.15, 0.2) is 5.69 Å². The number of benzene rings is 1. The lowest BCUT2D eigenvalue weighted by atomic mass is 10.0. The molecule has 0 bridgehead atoms. The van der Waals surface area contributed by atoms with E-state index in [4.69, 9.17) is 0 Å². The van der Waals surface area contributed by atoms with Gasteiger partial charge < -0.3 is 10.6 Å². The zero-order chi connectivity index (χ0) is 19.3. The molecule has 2 fully saturated rings. The van der Waals surface area contributed by atoms with Crippen LogP contribution in [0.2, 0.25) is 0 Å². The maximum Gasteiger partial charge on any atom is 0.277 e. The van der Waals surface area contributed by atoms with Crippen LogP contribution in [-0.4, -0.2) is 51.5 Å². The van der Waals surface area contributed by atoms with E-state index in [9.17, 15) is 4.79 Å². The van der Waals surface area contributed by atoms with Crippen LogP contribution in [0, 0.1) is 0 Å². The number of anilines is 1. The first-order chi connectivity index (χ1) is 13.7. The summed E-state index contributed by atoms with van der Waals surface area (Å²) in [7, 11) is 0. The molecule has 2 aliphatic heterocycles. The van der Waals surface area contributed by atoms with Gasteiger partial charge in [-0.2, -0.15) is 0 Å². The highest BCUT2D eigenvalue weighted by Crippen LogP contribution is 2.21. The first-order valence-electron chi connectivity index (χ1n) is 10.5. The summed E-state index contributed by atoms with van der Waals surface area (Å²) >= 11 is 0. The van der Waals surface area contributed by atoms with E-state index in [1.807, 2.05) is 16.8 Å². The van der Waals surface area contributed by atoms with Crippen LogP contribution in [0.15, 0.2) is 30.5 Å². The average molecular weight is 455 g/mol. The van der Waals surface area contributed by atoms with Crippen LogP contribution in [0.3, 0.4) is 0 Å². The summed E-state index contributed by atoms with van der Waals surface area (Å²) in [5, 5.41) is 14.5. The molecule has 2 aromatic rings. The second-order valence-corrected chi connectivity index (χ2v) is 8.03. The second-order valence-electron chi connectivity index (χ2n) is 8.03. The number of carbonyl (C=O) groups excluding carboxylic acids is 1. The minimum absolute atomic E-state index is 0. The second kappa shape index (κ2) is 11.6. The van der Waals surface area contributed by atoms with E-state index >= 15 is 0 Å². The molecular weight excluding hydrogens is 423 g/mol. The monoisotopic (exact) mass is 454 g/mol. The van der Waals surface area contributed by atoms with Gasteiger partial charge in [0.05, 0.1) is 12.2 Å². The van der Waals surface area contributed by atoms with Gasteiger partial charge in [-0.3, -0.25) is 9.69 Å². The number of rotatable bonds is 5. The highest BCUT2D eigenvalue weighted by atomic mass is 35.5. The van der Waals surface area contributed by atoms with Gasteiger partial charge in [0.2, 0.25) is 0 Å². The molecule has 1 aromatic heterocycles. The number of nitrogens with one attached hydrogen (secondary N) is 2. The normalized spacial score (nSPS) is 20.1. The molecule has 0 spiro atoms. The van der Waals surface area contributed by atoms with E-state index in [-0.39, 0.29) is 30.7 Å². The van der Waals surface area contributed by atoms with Crippen molar-refractivity contribution in [3.8, 4) is 0 Å². The first kappa shape index (κ1) is 24.6. The van der Waals surface area contributed by atoms with Gasteiger partial charge in [0.25, 0.3) is 5.91 Å². The van der Waals surface area contributed by atoms with Crippen molar-refractivity contribution in [3.63, 3.8) is 0 Å². The summed E-state index contributed by atoms with van der Waals surface area (Å²) in [5.74, 6) is -0.211. The van der Waals surface area contributed by atoms with Crippen molar-refractivity contribution in [3.05, 3.63) is 41.7 Å². The number of nitrogens with zero attached hydrogens (tertiary/aromatic N) is 4. The number of carbonyl (C=O) groups is 1. The van der Waals surface area contributed by atoms with Crippen molar-refractivity contribution in [1.29, 1.82) is 0 Å². The fourth-order valence-corrected chi connectivity index (χ4v) is 4.15. The van der Waals surface area contributed by atoms with E-state index in [1.54, 1.807) is 6.20 Å². The molecule has 2 N–H and O–H groups in total. The van der Waals surface area contributed by atoms with Crippen LogP contribution < -0.4 is 10.6 Å². The Morgan fingerprint density at radius 2 is 1.87 bits per heavy atom. The third kappa shape index (κ3) is 6.17. The van der Waals surface area contributed by atoms with Gasteiger partial charge in [-0.1, -0.05) is 23.8 Å². The van der Waals surface area contributed by atoms with E-state index in [1.165, 1.54) is 31.4 Å². The molecule has 9 heteroatoms. The number of aromatic nitrogens is 3. The Bertz CT molecular complexity index is 791. The lowest BCUT2D eigenvalue weighted by Gasteiger charge is -2.33. The zero-order valence-corrected chi connectivity index (χ0v) is 19.1. The van der Waals surface area contributed by atoms with Gasteiger partial charge in [0, 0.05) is 18.3 Å². The number of piperidine rings is 2. The van der Waals surface area contributed by atoms with Gasteiger partial charge in [-0.15, -0.1) is 29.9 Å². The number of halogens is 2. The van der Waals surface area contributed by atoms with Crippen molar-refractivity contribution in [1.82, 2.24) is 25.2 Å². The predicted molar refractivity (Wildman–Crippen MR) is 124 cm³/mol. The molecule has 7 nitrogen and oxygen atoms in total. The summed E-state index contributed by atoms with van der Waals surface area (Å²) in [6, 6.07) is 9.12. The van der Waals surface area contributed by atoms with Crippen LogP contribution in [0.5, 0.6) is 0 Å². The standard InChI is InChI=1S/C21H30N6O.2ClH/c1-16-4-2-3-13-26(16)14-17-5-7-18(8-6-17)23-21(28)20-15-27(25-24-20)19-9-11-22-12-10-19;;/h5-8,15-16,19,22H,2-4,9-14H2,1H3,(H,23,28);2*1H. The van der Waals surface area contributed by atoms with Crippen LogP contribution in [0.1, 0.15) is 61.1 Å². The SMILES string of the molecule is CC1CCCCN1Cc1ccc(NC(=O)c2cn(C3CCNCC3)nn2)cc1.Cl.Cl. The molecule has 0 aliphatic carbocycles. The van der Waals surface area contributed by atoms with Gasteiger partial charge in [-0.25, -0.2) is 4.68 Å². The average Bonchev–Trinajstić information content (AvgIpc) is 3.22. The smallest absolute Gasteiger partial charge is 0.277 e. The van der Waals surface area contributed by atoms with Crippen molar-refractivity contribution in [2.45, 2.75) is 57.7 Å². The van der Waals surface area contributed by atoms with E-state index < -0.39 is 0 Å². The molecule has 1 atom stereocenters. The molecule has 1 aromatic carbocycles. The zero-order valence-electron chi connectivity index (χ0n) is 17.4. The lowest BCUT2D eigenvalue weighted by molar-refractivity contribution is 0.102. The Kier molecular flexibility index (Phi) is 9.55. The summed E-state index contributed by atoms with van der Waals surface area (Å²) in [5.41, 5.74) is 2.44. The summed E-state index contributed by atoms with van der Waals surface area (Å²) in [6.45, 7) is 6.42. The molecule has 30 heavy (non-hydrogen) atoms. The molecule has 166 valence electrons. The highest BCUT2D eigenvalue weighted by molar-refractivity contribution is 6.02. The lowest BCUT2D eigenvalue weighted by Crippen LogP contribution is -2.36. The van der Waals surface area contributed by atoms with Gasteiger partial charge in [-0.05, 0) is 69.9 Å². The molecular formula is C21H32Cl2N6O. The van der Waals surface area contributed by atoms with E-state index in [0.717, 1.165) is 38.2 Å². The Balaban J connectivity index is 0.00000160. The molecule has 1 amide bonds. The molecule has 2 saturated heterocycles. The Morgan fingerprint density at radius 3 is 2.57 bits per heavy atom. The number of hydrogen-bond donors (Lipinski definition) is 2. The van der Waals surface area contributed by atoms with Crippen LogP contribution in [0.25, 0.3) is 0 Å². The molecule has 1 unspecified atom stereocenters. The molecule has 0 radical (unpaired) electrons. The molecule has 2 aliphatic rings. The molecule has 4 rings (SSSR count). The van der Waals surface area contributed by atoms with E-state index in [2.05, 4.69) is 44.9 Å². The Labute approximate surface area is 190 Å². The van der Waals surface area contributed by atoms with Crippen molar-refractivity contribution in [2.75, 3.05) is 25.0 Å². The van der Waals surface area contributed by atoms with Crippen LogP contribution in [-0.2, 0) is 6.54 Å². The molecule has 3 heterocycles. The first-order valence-corrected chi connectivity index (χ1v) is 10.5.